The Morgan fingerprint density at radius 1 is 1.55 bits per heavy atom. The highest BCUT2D eigenvalue weighted by Crippen LogP contribution is 2.30. The highest BCUT2D eigenvalue weighted by Gasteiger charge is 2.22. The highest BCUT2D eigenvalue weighted by atomic mass is 79.9. The van der Waals surface area contributed by atoms with Gasteiger partial charge in [-0.15, -0.1) is 0 Å². The third-order valence-corrected chi connectivity index (χ3v) is 3.62. The molecule has 0 saturated carbocycles. The molecule has 0 fully saturated rings. The first-order valence-corrected chi connectivity index (χ1v) is 6.61. The van der Waals surface area contributed by atoms with Gasteiger partial charge in [0.25, 0.3) is 0 Å². The van der Waals surface area contributed by atoms with Gasteiger partial charge in [0, 0.05) is 15.7 Å². The second kappa shape index (κ2) is 5.57. The molecule has 0 aliphatic heterocycles. The second-order valence-corrected chi connectivity index (χ2v) is 5.16. The minimum Gasteiger partial charge on any atom is -0.464 e. The van der Waals surface area contributed by atoms with Gasteiger partial charge in [-0.2, -0.15) is 5.26 Å². The Morgan fingerprint density at radius 3 is 2.85 bits per heavy atom. The molecule has 1 heterocycles. The van der Waals surface area contributed by atoms with Crippen molar-refractivity contribution in [1.29, 1.82) is 5.26 Å². The number of carbonyl (C=O) groups excluding carboxylic acids is 1. The molecule has 0 spiro atoms. The molecule has 102 valence electrons. The van der Waals surface area contributed by atoms with Crippen molar-refractivity contribution in [1.82, 2.24) is 4.57 Å². The van der Waals surface area contributed by atoms with Crippen molar-refractivity contribution in [2.24, 2.45) is 0 Å². The van der Waals surface area contributed by atoms with Crippen molar-refractivity contribution >= 4 is 39.2 Å². The number of nitrogens with zero attached hydrogens (tertiary/aromatic N) is 2. The first-order chi connectivity index (χ1) is 9.49. The molecule has 2 N–H and O–H groups in total. The lowest BCUT2D eigenvalue weighted by Crippen LogP contribution is -2.11. The summed E-state index contributed by atoms with van der Waals surface area (Å²) in [5.41, 5.74) is 6.77. The Hall–Kier alpha value is -1.97. The average molecular weight is 355 g/mol. The maximum atomic E-state index is 11.9. The van der Waals surface area contributed by atoms with Gasteiger partial charge in [0.15, 0.2) is 5.69 Å². The first kappa shape index (κ1) is 14.4. The zero-order valence-electron chi connectivity index (χ0n) is 10.4. The molecule has 5 nitrogen and oxygen atoms in total. The topological polar surface area (TPSA) is 81.0 Å². The van der Waals surface area contributed by atoms with Crippen LogP contribution in [-0.2, 0) is 4.74 Å². The molecule has 0 bridgehead atoms. The average Bonchev–Trinajstić information content (AvgIpc) is 2.77. The molecule has 1 aromatic carbocycles. The fraction of sp³-hybridized carbons (Fsp3) is 0.0769. The number of carbonyl (C=O) groups is 1. The third kappa shape index (κ3) is 2.38. The van der Waals surface area contributed by atoms with E-state index in [-0.39, 0.29) is 16.9 Å². The monoisotopic (exact) mass is 353 g/mol. The number of esters is 1. The summed E-state index contributed by atoms with van der Waals surface area (Å²) in [4.78, 5) is 11.9. The summed E-state index contributed by atoms with van der Waals surface area (Å²) in [6.45, 7) is 0. The number of hydrogen-bond acceptors (Lipinski definition) is 4. The van der Waals surface area contributed by atoms with Crippen LogP contribution in [0.25, 0.3) is 5.69 Å². The number of rotatable bonds is 2. The number of aromatic nitrogens is 1. The first-order valence-electron chi connectivity index (χ1n) is 5.44. The lowest BCUT2D eigenvalue weighted by atomic mass is 10.2. The summed E-state index contributed by atoms with van der Waals surface area (Å²) in [5, 5.41) is 9.54. The molecule has 0 amide bonds. The SMILES string of the molecule is COC(=O)c1c(N)c(C#N)cn1-c1cc(Cl)ccc1Br. The number of benzene rings is 1. The van der Waals surface area contributed by atoms with Gasteiger partial charge in [-0.1, -0.05) is 11.6 Å². The predicted octanol–water partition coefficient (Wildman–Crippen LogP) is 3.13. The molecule has 0 aliphatic carbocycles. The van der Waals surface area contributed by atoms with E-state index in [1.807, 2.05) is 6.07 Å². The van der Waals surface area contributed by atoms with Crippen LogP contribution >= 0.6 is 27.5 Å². The highest BCUT2D eigenvalue weighted by molar-refractivity contribution is 9.10. The second-order valence-electron chi connectivity index (χ2n) is 3.87. The summed E-state index contributed by atoms with van der Waals surface area (Å²) in [6, 6.07) is 7.02. The van der Waals surface area contributed by atoms with Gasteiger partial charge in [-0.3, -0.25) is 0 Å². The molecule has 0 radical (unpaired) electrons. The van der Waals surface area contributed by atoms with Crippen molar-refractivity contribution in [2.75, 3.05) is 12.8 Å². The van der Waals surface area contributed by atoms with Crippen LogP contribution in [0.2, 0.25) is 5.02 Å². The van der Waals surface area contributed by atoms with Crippen LogP contribution in [0.5, 0.6) is 0 Å². The molecule has 0 aliphatic rings. The summed E-state index contributed by atoms with van der Waals surface area (Å²) in [5.74, 6) is -0.629. The van der Waals surface area contributed by atoms with Crippen molar-refractivity contribution < 1.29 is 9.53 Å². The quantitative estimate of drug-likeness (QED) is 0.840. The van der Waals surface area contributed by atoms with Crippen LogP contribution in [0.1, 0.15) is 16.1 Å². The largest absolute Gasteiger partial charge is 0.464 e. The van der Waals surface area contributed by atoms with E-state index in [4.69, 9.17) is 27.3 Å². The molecule has 0 saturated heterocycles. The Labute approximate surface area is 128 Å². The van der Waals surface area contributed by atoms with Crippen molar-refractivity contribution in [2.45, 2.75) is 0 Å². The minimum atomic E-state index is -0.629. The Bertz CT molecular complexity index is 734. The molecular formula is C13H9BrClN3O2. The third-order valence-electron chi connectivity index (χ3n) is 2.71. The van der Waals surface area contributed by atoms with Crippen LogP contribution < -0.4 is 5.73 Å². The smallest absolute Gasteiger partial charge is 0.357 e. The Morgan fingerprint density at radius 2 is 2.25 bits per heavy atom. The number of anilines is 1. The van der Waals surface area contributed by atoms with E-state index in [0.717, 1.165) is 0 Å². The lowest BCUT2D eigenvalue weighted by molar-refractivity contribution is 0.0593. The Balaban J connectivity index is 2.77. The van der Waals surface area contributed by atoms with Crippen LogP contribution in [0.4, 0.5) is 5.69 Å². The number of methoxy groups -OCH3 is 1. The van der Waals surface area contributed by atoms with Crippen molar-refractivity contribution in [3.8, 4) is 11.8 Å². The number of nitrogens with two attached hydrogens (primary N) is 1. The van der Waals surface area contributed by atoms with Gasteiger partial charge >= 0.3 is 5.97 Å². The molecule has 7 heteroatoms. The maximum Gasteiger partial charge on any atom is 0.357 e. The summed E-state index contributed by atoms with van der Waals surface area (Å²) >= 11 is 9.34. The van der Waals surface area contributed by atoms with E-state index < -0.39 is 5.97 Å². The normalized spacial score (nSPS) is 10.1. The number of hydrogen-bond donors (Lipinski definition) is 1. The van der Waals surface area contributed by atoms with Gasteiger partial charge in [0.1, 0.15) is 6.07 Å². The number of nitriles is 1. The summed E-state index contributed by atoms with van der Waals surface area (Å²) < 4.78 is 6.89. The fourth-order valence-corrected chi connectivity index (χ4v) is 2.38. The van der Waals surface area contributed by atoms with Gasteiger partial charge in [0.2, 0.25) is 0 Å². The van der Waals surface area contributed by atoms with Crippen LogP contribution in [0.3, 0.4) is 0 Å². The van der Waals surface area contributed by atoms with E-state index in [0.29, 0.717) is 15.2 Å². The van der Waals surface area contributed by atoms with Gasteiger partial charge in [-0.05, 0) is 34.1 Å². The van der Waals surface area contributed by atoms with Crippen LogP contribution in [0.15, 0.2) is 28.9 Å². The van der Waals surface area contributed by atoms with Crippen LogP contribution in [0, 0.1) is 11.3 Å². The van der Waals surface area contributed by atoms with Gasteiger partial charge in [0.05, 0.1) is 24.0 Å². The zero-order valence-corrected chi connectivity index (χ0v) is 12.7. The minimum absolute atomic E-state index is 0.0752. The standard InChI is InChI=1S/C13H9BrClN3O2/c1-20-13(19)12-11(17)7(5-16)6-18(12)10-4-8(15)2-3-9(10)14/h2-4,6H,17H2,1H3. The molecular weight excluding hydrogens is 346 g/mol. The molecule has 2 rings (SSSR count). The predicted molar refractivity (Wildman–Crippen MR) is 78.9 cm³/mol. The van der Waals surface area contributed by atoms with E-state index in [2.05, 4.69) is 15.9 Å². The summed E-state index contributed by atoms with van der Waals surface area (Å²) in [6.07, 6.45) is 1.47. The Kier molecular flexibility index (Phi) is 4.02. The molecule has 2 aromatic rings. The van der Waals surface area contributed by atoms with Crippen molar-refractivity contribution in [3.63, 3.8) is 0 Å². The number of nitrogen functional groups attached to an aromatic ring is 1. The van der Waals surface area contributed by atoms with Crippen molar-refractivity contribution in [3.05, 3.63) is 45.1 Å². The van der Waals surface area contributed by atoms with E-state index in [1.54, 1.807) is 18.2 Å². The van der Waals surface area contributed by atoms with E-state index >= 15 is 0 Å². The summed E-state index contributed by atoms with van der Waals surface area (Å²) in [7, 11) is 1.25. The van der Waals surface area contributed by atoms with E-state index in [1.165, 1.54) is 17.9 Å². The number of ether oxygens (including phenoxy) is 1. The van der Waals surface area contributed by atoms with E-state index in [9.17, 15) is 4.79 Å². The lowest BCUT2D eigenvalue weighted by Gasteiger charge is -2.10. The van der Waals surface area contributed by atoms with Gasteiger partial charge in [-0.25, -0.2) is 4.79 Å². The maximum absolute atomic E-state index is 11.9. The molecule has 0 atom stereocenters. The number of halogens is 2. The molecule has 0 unspecified atom stereocenters. The van der Waals surface area contributed by atoms with Gasteiger partial charge < -0.3 is 15.0 Å². The zero-order chi connectivity index (χ0) is 14.9. The van der Waals surface area contributed by atoms with Crippen LogP contribution in [-0.4, -0.2) is 17.6 Å². The fourth-order valence-electron chi connectivity index (χ4n) is 1.78. The molecule has 20 heavy (non-hydrogen) atoms. The molecule has 1 aromatic heterocycles.